The van der Waals surface area contributed by atoms with Crippen LogP contribution in [0.5, 0.6) is 0 Å². The van der Waals surface area contributed by atoms with Crippen LogP contribution in [0.15, 0.2) is 6.20 Å². The van der Waals surface area contributed by atoms with Crippen molar-refractivity contribution in [2.75, 3.05) is 11.9 Å². The molecule has 0 spiro atoms. The molecule has 3 rings (SSSR count). The Morgan fingerprint density at radius 2 is 2.14 bits per heavy atom. The summed E-state index contributed by atoms with van der Waals surface area (Å²) in [5.41, 5.74) is 1.33. The summed E-state index contributed by atoms with van der Waals surface area (Å²) < 4.78 is 2.27. The summed E-state index contributed by atoms with van der Waals surface area (Å²) in [6.45, 7) is 2.23. The van der Waals surface area contributed by atoms with Gasteiger partial charge in [-0.25, -0.2) is 4.98 Å². The van der Waals surface area contributed by atoms with Crippen LogP contribution in [0.2, 0.25) is 0 Å². The second-order valence-electron chi connectivity index (χ2n) is 4.44. The van der Waals surface area contributed by atoms with E-state index in [9.17, 15) is 0 Å². The van der Waals surface area contributed by atoms with Crippen molar-refractivity contribution in [3.8, 4) is 0 Å². The highest BCUT2D eigenvalue weighted by Crippen LogP contribution is 2.34. The highest BCUT2D eigenvalue weighted by Gasteiger charge is 2.21. The topological polar surface area (TPSA) is 29.9 Å². The lowest BCUT2D eigenvalue weighted by atomic mass is 10.1. The van der Waals surface area contributed by atoms with E-state index >= 15 is 0 Å². The molecule has 3 heteroatoms. The number of anilines is 1. The van der Waals surface area contributed by atoms with E-state index in [0.717, 1.165) is 25.0 Å². The monoisotopic (exact) mass is 191 g/mol. The third-order valence-electron chi connectivity index (χ3n) is 3.43. The summed E-state index contributed by atoms with van der Waals surface area (Å²) in [6, 6.07) is 0. The SMILES string of the molecule is c1c(C2CCCC2)nc2n1CCCN2. The standard InChI is InChI=1S/C11H17N3/c1-2-5-9(4-1)10-8-14-7-3-6-12-11(14)13-10/h8-9H,1-7H2,(H,12,13). The summed E-state index contributed by atoms with van der Waals surface area (Å²) in [7, 11) is 0. The average Bonchev–Trinajstić information content (AvgIpc) is 2.86. The highest BCUT2D eigenvalue weighted by molar-refractivity contribution is 5.32. The molecule has 0 atom stereocenters. The van der Waals surface area contributed by atoms with E-state index in [1.165, 1.54) is 37.8 Å². The van der Waals surface area contributed by atoms with Gasteiger partial charge in [0, 0.05) is 25.2 Å². The molecular formula is C11H17N3. The van der Waals surface area contributed by atoms with Crippen LogP contribution in [0.3, 0.4) is 0 Å². The quantitative estimate of drug-likeness (QED) is 0.738. The maximum absolute atomic E-state index is 4.68. The summed E-state index contributed by atoms with van der Waals surface area (Å²) in [5.74, 6) is 1.84. The molecule has 0 bridgehead atoms. The number of rotatable bonds is 1. The summed E-state index contributed by atoms with van der Waals surface area (Å²) >= 11 is 0. The zero-order chi connectivity index (χ0) is 9.38. The van der Waals surface area contributed by atoms with Crippen molar-refractivity contribution in [1.29, 1.82) is 0 Å². The Morgan fingerprint density at radius 3 is 2.93 bits per heavy atom. The number of aromatic nitrogens is 2. The summed E-state index contributed by atoms with van der Waals surface area (Å²) in [5, 5.41) is 3.36. The molecule has 1 fully saturated rings. The highest BCUT2D eigenvalue weighted by atomic mass is 15.2. The number of nitrogens with zero attached hydrogens (tertiary/aromatic N) is 2. The van der Waals surface area contributed by atoms with Crippen LogP contribution in [-0.2, 0) is 6.54 Å². The predicted octanol–water partition coefficient (Wildman–Crippen LogP) is 2.36. The van der Waals surface area contributed by atoms with Gasteiger partial charge in [0.25, 0.3) is 0 Å². The van der Waals surface area contributed by atoms with Gasteiger partial charge in [0.1, 0.15) is 0 Å². The molecule has 0 radical (unpaired) electrons. The van der Waals surface area contributed by atoms with Crippen molar-refractivity contribution >= 4 is 5.95 Å². The zero-order valence-electron chi connectivity index (χ0n) is 8.50. The van der Waals surface area contributed by atoms with Crippen LogP contribution in [0.1, 0.15) is 43.7 Å². The number of hydrogen-bond acceptors (Lipinski definition) is 2. The van der Waals surface area contributed by atoms with Crippen molar-refractivity contribution in [3.05, 3.63) is 11.9 Å². The van der Waals surface area contributed by atoms with Crippen molar-refractivity contribution in [2.24, 2.45) is 0 Å². The minimum Gasteiger partial charge on any atom is -0.356 e. The lowest BCUT2D eigenvalue weighted by molar-refractivity contribution is 0.626. The van der Waals surface area contributed by atoms with Crippen molar-refractivity contribution in [2.45, 2.75) is 44.6 Å². The Kier molecular flexibility index (Phi) is 1.96. The molecule has 2 heterocycles. The van der Waals surface area contributed by atoms with Crippen molar-refractivity contribution < 1.29 is 0 Å². The minimum absolute atomic E-state index is 0.745. The van der Waals surface area contributed by atoms with Gasteiger partial charge < -0.3 is 9.88 Å². The summed E-state index contributed by atoms with van der Waals surface area (Å²) in [6.07, 6.45) is 8.96. The predicted molar refractivity (Wildman–Crippen MR) is 56.5 cm³/mol. The molecule has 0 unspecified atom stereocenters. The van der Waals surface area contributed by atoms with E-state index in [-0.39, 0.29) is 0 Å². The molecule has 2 aliphatic rings. The first-order valence-corrected chi connectivity index (χ1v) is 5.74. The van der Waals surface area contributed by atoms with Crippen LogP contribution in [-0.4, -0.2) is 16.1 Å². The number of hydrogen-bond donors (Lipinski definition) is 1. The van der Waals surface area contributed by atoms with Gasteiger partial charge in [-0.1, -0.05) is 12.8 Å². The van der Waals surface area contributed by atoms with Crippen LogP contribution >= 0.6 is 0 Å². The molecule has 0 saturated heterocycles. The number of fused-ring (bicyclic) bond motifs is 1. The van der Waals surface area contributed by atoms with Crippen LogP contribution in [0.4, 0.5) is 5.95 Å². The number of imidazole rings is 1. The Balaban J connectivity index is 1.87. The van der Waals surface area contributed by atoms with E-state index in [1.54, 1.807) is 0 Å². The van der Waals surface area contributed by atoms with E-state index in [2.05, 4.69) is 21.1 Å². The van der Waals surface area contributed by atoms with Gasteiger partial charge in [0.2, 0.25) is 5.95 Å². The molecule has 76 valence electrons. The smallest absolute Gasteiger partial charge is 0.203 e. The molecule has 1 aromatic heterocycles. The molecular weight excluding hydrogens is 174 g/mol. The first-order chi connectivity index (χ1) is 6.93. The maximum Gasteiger partial charge on any atom is 0.203 e. The van der Waals surface area contributed by atoms with Crippen LogP contribution < -0.4 is 5.32 Å². The third-order valence-corrected chi connectivity index (χ3v) is 3.43. The molecule has 14 heavy (non-hydrogen) atoms. The third kappa shape index (κ3) is 1.31. The largest absolute Gasteiger partial charge is 0.356 e. The lowest BCUT2D eigenvalue weighted by Gasteiger charge is -2.14. The average molecular weight is 191 g/mol. The molecule has 0 amide bonds. The molecule has 1 aromatic rings. The molecule has 3 nitrogen and oxygen atoms in total. The van der Waals surface area contributed by atoms with Crippen molar-refractivity contribution in [3.63, 3.8) is 0 Å². The first-order valence-electron chi connectivity index (χ1n) is 5.74. The molecule has 1 saturated carbocycles. The van der Waals surface area contributed by atoms with E-state index in [1.807, 2.05) is 0 Å². The Morgan fingerprint density at radius 1 is 1.29 bits per heavy atom. The van der Waals surface area contributed by atoms with Gasteiger partial charge in [0.05, 0.1) is 5.69 Å². The zero-order valence-corrected chi connectivity index (χ0v) is 8.50. The molecule has 0 aromatic carbocycles. The van der Waals surface area contributed by atoms with Gasteiger partial charge >= 0.3 is 0 Å². The van der Waals surface area contributed by atoms with Gasteiger partial charge in [-0.05, 0) is 19.3 Å². The van der Waals surface area contributed by atoms with Crippen LogP contribution in [0, 0.1) is 0 Å². The fourth-order valence-corrected chi connectivity index (χ4v) is 2.62. The Hall–Kier alpha value is -0.990. The molecule has 1 aliphatic carbocycles. The van der Waals surface area contributed by atoms with E-state index in [0.29, 0.717) is 0 Å². The van der Waals surface area contributed by atoms with Gasteiger partial charge in [-0.2, -0.15) is 0 Å². The fourth-order valence-electron chi connectivity index (χ4n) is 2.62. The van der Waals surface area contributed by atoms with Gasteiger partial charge in [0.15, 0.2) is 0 Å². The lowest BCUT2D eigenvalue weighted by Crippen LogP contribution is -2.16. The fraction of sp³-hybridized carbons (Fsp3) is 0.727. The van der Waals surface area contributed by atoms with E-state index in [4.69, 9.17) is 0 Å². The summed E-state index contributed by atoms with van der Waals surface area (Å²) in [4.78, 5) is 4.68. The Bertz CT molecular complexity index is 300. The number of nitrogens with one attached hydrogen (secondary N) is 1. The maximum atomic E-state index is 4.68. The minimum atomic E-state index is 0.745. The molecule has 1 N–H and O–H groups in total. The van der Waals surface area contributed by atoms with Crippen LogP contribution in [0.25, 0.3) is 0 Å². The van der Waals surface area contributed by atoms with Gasteiger partial charge in [-0.15, -0.1) is 0 Å². The Labute approximate surface area is 84.5 Å². The van der Waals surface area contributed by atoms with Gasteiger partial charge in [-0.3, -0.25) is 0 Å². The second-order valence-corrected chi connectivity index (χ2v) is 4.44. The number of aryl methyl sites for hydroxylation is 1. The first kappa shape index (κ1) is 8.33. The van der Waals surface area contributed by atoms with Crippen molar-refractivity contribution in [1.82, 2.24) is 9.55 Å². The van der Waals surface area contributed by atoms with E-state index < -0.39 is 0 Å². The second kappa shape index (κ2) is 3.30. The molecule has 1 aliphatic heterocycles. The normalized spacial score (nSPS) is 22.0.